The van der Waals surface area contributed by atoms with Gasteiger partial charge in [-0.3, -0.25) is 39.2 Å². The van der Waals surface area contributed by atoms with Crippen LogP contribution in [0.2, 0.25) is 0 Å². The average Bonchev–Trinajstić information content (AvgIpc) is 3.00. The highest BCUT2D eigenvalue weighted by Crippen LogP contribution is 2.29. The predicted molar refractivity (Wildman–Crippen MR) is 106 cm³/mol. The van der Waals surface area contributed by atoms with Crippen LogP contribution in [0, 0.1) is 11.8 Å². The van der Waals surface area contributed by atoms with E-state index in [9.17, 15) is 24.0 Å². The third-order valence-electron chi connectivity index (χ3n) is 5.09. The predicted octanol–water partition coefficient (Wildman–Crippen LogP) is 0.176. The van der Waals surface area contributed by atoms with Crippen LogP contribution in [0.25, 0.3) is 0 Å². The second kappa shape index (κ2) is 7.84. The number of carbonyl (C=O) groups excluding carboxylic acids is 5. The van der Waals surface area contributed by atoms with Crippen LogP contribution in [0.4, 0.5) is 0 Å². The Labute approximate surface area is 176 Å². The lowest BCUT2D eigenvalue weighted by molar-refractivity contribution is -0.136. The van der Waals surface area contributed by atoms with Gasteiger partial charge in [0.1, 0.15) is 11.7 Å². The maximum absolute atomic E-state index is 13.0. The van der Waals surface area contributed by atoms with Gasteiger partial charge >= 0.3 is 0 Å². The van der Waals surface area contributed by atoms with E-state index in [1.54, 1.807) is 24.3 Å². The number of imide groups is 2. The van der Waals surface area contributed by atoms with Crippen molar-refractivity contribution in [1.82, 2.24) is 15.2 Å². The normalized spacial score (nSPS) is 17.7. The van der Waals surface area contributed by atoms with Crippen LogP contribution in [-0.4, -0.2) is 45.5 Å². The Morgan fingerprint density at radius 3 is 2.71 bits per heavy atom. The number of nitrogens with two attached hydrogens (primary N) is 1. The zero-order valence-corrected chi connectivity index (χ0v) is 16.2. The molecule has 1 aromatic heterocycles. The van der Waals surface area contributed by atoms with E-state index >= 15 is 0 Å². The Hall–Kier alpha value is -4.32. The van der Waals surface area contributed by atoms with Crippen LogP contribution in [0.3, 0.4) is 0 Å². The number of fused-ring (bicyclic) bond motifs is 1. The van der Waals surface area contributed by atoms with Gasteiger partial charge in [-0.25, -0.2) is 0 Å². The number of nitrogens with one attached hydrogen (secondary N) is 1. The molecule has 2 aromatic rings. The number of aromatic nitrogens is 1. The van der Waals surface area contributed by atoms with E-state index in [4.69, 9.17) is 5.73 Å². The monoisotopic (exact) mass is 416 g/mol. The molecule has 0 bridgehead atoms. The van der Waals surface area contributed by atoms with Gasteiger partial charge in [0, 0.05) is 24.6 Å². The molecule has 0 saturated carbocycles. The van der Waals surface area contributed by atoms with Crippen molar-refractivity contribution in [2.45, 2.75) is 25.3 Å². The molecule has 0 aliphatic carbocycles. The highest BCUT2D eigenvalue weighted by atomic mass is 16.2. The molecule has 2 aliphatic rings. The minimum Gasteiger partial charge on any atom is -0.364 e. The van der Waals surface area contributed by atoms with Gasteiger partial charge in [-0.2, -0.15) is 0 Å². The van der Waals surface area contributed by atoms with Crippen molar-refractivity contribution < 1.29 is 24.0 Å². The topological polar surface area (TPSA) is 140 Å². The number of benzene rings is 1. The number of piperidine rings is 1. The van der Waals surface area contributed by atoms with E-state index in [2.05, 4.69) is 22.1 Å². The molecule has 5 amide bonds. The largest absolute Gasteiger partial charge is 0.364 e. The van der Waals surface area contributed by atoms with Crippen molar-refractivity contribution in [2.75, 3.05) is 0 Å². The van der Waals surface area contributed by atoms with Gasteiger partial charge < -0.3 is 5.73 Å². The van der Waals surface area contributed by atoms with Crippen LogP contribution in [0.5, 0.6) is 0 Å². The number of hydrogen-bond donors (Lipinski definition) is 2. The SMILES string of the molecule is NC(=O)c1ncccc1CC#Cc1cccc2c1C(=O)N(C1CCC(=O)NC1=O)C2=O. The van der Waals surface area contributed by atoms with Gasteiger partial charge in [0.25, 0.3) is 17.7 Å². The van der Waals surface area contributed by atoms with Crippen molar-refractivity contribution in [2.24, 2.45) is 5.73 Å². The van der Waals surface area contributed by atoms with E-state index in [0.29, 0.717) is 11.1 Å². The molecule has 2 aliphatic heterocycles. The molecular formula is C22H16N4O5. The molecule has 0 radical (unpaired) electrons. The lowest BCUT2D eigenvalue weighted by Gasteiger charge is -2.27. The smallest absolute Gasteiger partial charge is 0.267 e. The first-order valence-electron chi connectivity index (χ1n) is 9.45. The molecule has 31 heavy (non-hydrogen) atoms. The van der Waals surface area contributed by atoms with E-state index in [0.717, 1.165) is 4.90 Å². The number of hydrogen-bond acceptors (Lipinski definition) is 6. The van der Waals surface area contributed by atoms with Crippen molar-refractivity contribution in [1.29, 1.82) is 0 Å². The van der Waals surface area contributed by atoms with Gasteiger partial charge in [-0.15, -0.1) is 0 Å². The van der Waals surface area contributed by atoms with Crippen molar-refractivity contribution >= 4 is 29.5 Å². The molecular weight excluding hydrogens is 400 g/mol. The lowest BCUT2D eigenvalue weighted by Crippen LogP contribution is -2.54. The second-order valence-corrected chi connectivity index (χ2v) is 7.03. The van der Waals surface area contributed by atoms with Crippen LogP contribution < -0.4 is 11.1 Å². The number of carbonyl (C=O) groups is 5. The summed E-state index contributed by atoms with van der Waals surface area (Å²) in [5.41, 5.74) is 6.58. The molecule has 9 heteroatoms. The van der Waals surface area contributed by atoms with Crippen LogP contribution >= 0.6 is 0 Å². The quantitative estimate of drug-likeness (QED) is 0.540. The fourth-order valence-corrected chi connectivity index (χ4v) is 3.66. The van der Waals surface area contributed by atoms with Gasteiger partial charge in [-0.1, -0.05) is 24.0 Å². The Bertz CT molecular complexity index is 1220. The Morgan fingerprint density at radius 2 is 1.97 bits per heavy atom. The highest BCUT2D eigenvalue weighted by Gasteiger charge is 2.45. The van der Waals surface area contributed by atoms with Gasteiger partial charge in [0.15, 0.2) is 0 Å². The molecule has 4 rings (SSSR count). The number of nitrogens with zero attached hydrogens (tertiary/aromatic N) is 2. The van der Waals surface area contributed by atoms with Gasteiger partial charge in [0.05, 0.1) is 11.1 Å². The summed E-state index contributed by atoms with van der Waals surface area (Å²) in [7, 11) is 0. The minimum absolute atomic E-state index is 0.0454. The molecule has 1 saturated heterocycles. The molecule has 9 nitrogen and oxygen atoms in total. The first-order valence-corrected chi connectivity index (χ1v) is 9.45. The van der Waals surface area contributed by atoms with Crippen LogP contribution in [0.1, 0.15) is 55.2 Å². The van der Waals surface area contributed by atoms with E-state index in [-0.39, 0.29) is 36.1 Å². The van der Waals surface area contributed by atoms with Crippen molar-refractivity contribution in [3.05, 3.63) is 64.5 Å². The lowest BCUT2D eigenvalue weighted by atomic mass is 10.0. The fraction of sp³-hybridized carbons (Fsp3) is 0.182. The summed E-state index contributed by atoms with van der Waals surface area (Å²) < 4.78 is 0. The third-order valence-corrected chi connectivity index (χ3v) is 5.09. The number of primary amides is 1. The summed E-state index contributed by atoms with van der Waals surface area (Å²) in [5.74, 6) is 2.75. The first kappa shape index (κ1) is 20.0. The molecule has 3 heterocycles. The summed E-state index contributed by atoms with van der Waals surface area (Å²) in [6.45, 7) is 0. The standard InChI is InChI=1S/C22H16N4O5/c23-19(28)18-13(7-3-11-24-18)6-1-4-12-5-2-8-14-17(12)22(31)26(21(14)30)15-9-10-16(27)25-20(15)29/h2-3,5,7-8,11,15H,6,9-10H2,(H2,23,28)(H,25,27,29). The molecule has 154 valence electrons. The Morgan fingerprint density at radius 1 is 1.16 bits per heavy atom. The molecule has 1 unspecified atom stereocenters. The summed E-state index contributed by atoms with van der Waals surface area (Å²) >= 11 is 0. The van der Waals surface area contributed by atoms with E-state index in [1.165, 1.54) is 12.3 Å². The molecule has 1 atom stereocenters. The summed E-state index contributed by atoms with van der Waals surface area (Å²) in [6, 6.07) is 6.99. The van der Waals surface area contributed by atoms with Gasteiger partial charge in [0.2, 0.25) is 11.8 Å². The summed E-state index contributed by atoms with van der Waals surface area (Å²) in [6.07, 6.45) is 1.74. The molecule has 1 aromatic carbocycles. The van der Waals surface area contributed by atoms with Crippen molar-refractivity contribution in [3.63, 3.8) is 0 Å². The number of pyridine rings is 1. The Balaban J connectivity index is 1.63. The second-order valence-electron chi connectivity index (χ2n) is 7.03. The molecule has 1 fully saturated rings. The van der Waals surface area contributed by atoms with Gasteiger partial charge in [-0.05, 0) is 30.2 Å². The Kier molecular flexibility index (Phi) is 5.05. The van der Waals surface area contributed by atoms with Crippen LogP contribution in [0.15, 0.2) is 36.5 Å². The maximum Gasteiger partial charge on any atom is 0.267 e. The first-order chi connectivity index (χ1) is 14.9. The highest BCUT2D eigenvalue weighted by molar-refractivity contribution is 6.24. The fourth-order valence-electron chi connectivity index (χ4n) is 3.66. The molecule has 3 N–H and O–H groups in total. The van der Waals surface area contributed by atoms with Crippen LogP contribution in [-0.2, 0) is 16.0 Å². The van der Waals surface area contributed by atoms with E-state index < -0.39 is 35.6 Å². The molecule has 0 spiro atoms. The maximum atomic E-state index is 13.0. The van der Waals surface area contributed by atoms with E-state index in [1.807, 2.05) is 0 Å². The third kappa shape index (κ3) is 3.55. The summed E-state index contributed by atoms with van der Waals surface area (Å²) in [4.78, 5) is 65.8. The summed E-state index contributed by atoms with van der Waals surface area (Å²) in [5, 5.41) is 2.16. The minimum atomic E-state index is -1.04. The van der Waals surface area contributed by atoms with Crippen molar-refractivity contribution in [3.8, 4) is 11.8 Å². The number of rotatable bonds is 3. The zero-order valence-electron chi connectivity index (χ0n) is 16.2. The average molecular weight is 416 g/mol. The number of amides is 5. The zero-order chi connectivity index (χ0) is 22.1.